The van der Waals surface area contributed by atoms with Crippen LogP contribution in [0.5, 0.6) is 0 Å². The molecule has 0 saturated carbocycles. The van der Waals surface area contributed by atoms with Crippen molar-refractivity contribution < 1.29 is 19.2 Å². The number of carbonyl (C=O) groups excluding carboxylic acids is 4. The number of rotatable bonds is 5. The molecule has 0 bridgehead atoms. The van der Waals surface area contributed by atoms with Gasteiger partial charge in [0.15, 0.2) is 0 Å². The lowest BCUT2D eigenvalue weighted by atomic mass is 9.85. The Labute approximate surface area is 219 Å². The Balaban J connectivity index is 1.44. The number of anilines is 2. The first kappa shape index (κ1) is 24.5. The van der Waals surface area contributed by atoms with Gasteiger partial charge in [0, 0.05) is 28.0 Å². The van der Waals surface area contributed by atoms with Crippen molar-refractivity contribution in [3.63, 3.8) is 0 Å². The maximum absolute atomic E-state index is 13.9. The molecule has 7 nitrogen and oxygen atoms in total. The molecule has 5 rings (SSSR count). The summed E-state index contributed by atoms with van der Waals surface area (Å²) in [4.78, 5) is 57.5. The molecular weight excluding hydrogens is 501 g/mol. The van der Waals surface area contributed by atoms with Gasteiger partial charge in [-0.15, -0.1) is 0 Å². The van der Waals surface area contributed by atoms with E-state index in [0.29, 0.717) is 47.2 Å². The van der Waals surface area contributed by atoms with Crippen molar-refractivity contribution in [3.05, 3.63) is 70.2 Å². The number of hydrogen-bond donors (Lipinski definition) is 0. The Morgan fingerprint density at radius 1 is 0.944 bits per heavy atom. The Kier molecular flexibility index (Phi) is 6.62. The Morgan fingerprint density at radius 2 is 1.58 bits per heavy atom. The lowest BCUT2D eigenvalue weighted by molar-refractivity contribution is -0.140. The fourth-order valence-corrected chi connectivity index (χ4v) is 5.45. The van der Waals surface area contributed by atoms with E-state index < -0.39 is 23.7 Å². The van der Waals surface area contributed by atoms with E-state index in [4.69, 9.17) is 23.2 Å². The first-order valence-electron chi connectivity index (χ1n) is 11.9. The molecule has 186 valence electrons. The van der Waals surface area contributed by atoms with E-state index in [9.17, 15) is 19.2 Å². The van der Waals surface area contributed by atoms with Crippen molar-refractivity contribution in [1.82, 2.24) is 4.90 Å². The molecule has 0 radical (unpaired) electrons. The topological polar surface area (TPSA) is 78.0 Å². The molecule has 2 aromatic carbocycles. The van der Waals surface area contributed by atoms with Gasteiger partial charge in [-0.3, -0.25) is 29.0 Å². The van der Waals surface area contributed by atoms with Gasteiger partial charge >= 0.3 is 0 Å². The summed E-state index contributed by atoms with van der Waals surface area (Å²) in [6.07, 6.45) is 5.16. The number of imide groups is 1. The minimum absolute atomic E-state index is 0.256. The van der Waals surface area contributed by atoms with E-state index in [1.807, 2.05) is 19.1 Å². The fraction of sp³-hybridized carbons (Fsp3) is 0.333. The minimum Gasteiger partial charge on any atom is -0.312 e. The summed E-state index contributed by atoms with van der Waals surface area (Å²) in [7, 11) is 0. The molecule has 36 heavy (non-hydrogen) atoms. The van der Waals surface area contributed by atoms with Gasteiger partial charge < -0.3 is 4.90 Å². The van der Waals surface area contributed by atoms with Crippen LogP contribution in [0, 0.1) is 24.7 Å². The average Bonchev–Trinajstić information content (AvgIpc) is 3.37. The summed E-state index contributed by atoms with van der Waals surface area (Å²) in [5.41, 5.74) is 1.91. The molecule has 1 aliphatic carbocycles. The molecular formula is C27H25Cl2N3O4. The SMILES string of the molecule is Cc1ccc(N(CN2C(=O)[C@@H]3CC=CC[C@H]3C2=O)C(=O)[C@H]2CCN(c3ccc(Cl)cc3)C2=O)cc1Cl. The molecule has 9 heteroatoms. The van der Waals surface area contributed by atoms with Gasteiger partial charge in [-0.1, -0.05) is 41.4 Å². The zero-order valence-electron chi connectivity index (χ0n) is 19.7. The Morgan fingerprint density at radius 3 is 2.19 bits per heavy atom. The number of likely N-dealkylation sites (tertiary alicyclic amines) is 1. The van der Waals surface area contributed by atoms with Gasteiger partial charge in [-0.25, -0.2) is 0 Å². The van der Waals surface area contributed by atoms with E-state index in [-0.39, 0.29) is 24.4 Å². The third kappa shape index (κ3) is 4.31. The molecule has 0 unspecified atom stereocenters. The lowest BCUT2D eigenvalue weighted by Gasteiger charge is -2.29. The van der Waals surface area contributed by atoms with E-state index in [1.165, 1.54) is 4.90 Å². The zero-order valence-corrected chi connectivity index (χ0v) is 21.2. The molecule has 0 aromatic heterocycles. The molecule has 2 heterocycles. The van der Waals surface area contributed by atoms with Crippen molar-refractivity contribution in [2.45, 2.75) is 26.2 Å². The molecule has 0 spiro atoms. The van der Waals surface area contributed by atoms with Gasteiger partial charge in [-0.2, -0.15) is 0 Å². The Hall–Kier alpha value is -3.16. The van der Waals surface area contributed by atoms with Gasteiger partial charge in [0.1, 0.15) is 12.6 Å². The molecule has 2 aromatic rings. The van der Waals surface area contributed by atoms with Crippen LogP contribution in [0.2, 0.25) is 10.0 Å². The standard InChI is InChI=1S/C27H25Cl2N3O4/c1-16-6-9-19(14-23(16)29)31(15-32-24(33)20-4-2-3-5-21(20)25(32)34)27(36)22-12-13-30(26(22)35)18-10-7-17(28)8-11-18/h2-3,6-11,14,20-22H,4-5,12-13,15H2,1H3/t20-,21-,22+/m1/s1. The molecule has 2 saturated heterocycles. The molecule has 3 atom stereocenters. The number of allylic oxidation sites excluding steroid dienone is 2. The van der Waals surface area contributed by atoms with Crippen molar-refractivity contribution in [1.29, 1.82) is 0 Å². The monoisotopic (exact) mass is 525 g/mol. The highest BCUT2D eigenvalue weighted by atomic mass is 35.5. The quantitative estimate of drug-likeness (QED) is 0.324. The van der Waals surface area contributed by atoms with Crippen LogP contribution in [0.25, 0.3) is 0 Å². The molecule has 2 aliphatic heterocycles. The first-order chi connectivity index (χ1) is 17.3. The zero-order chi connectivity index (χ0) is 25.6. The molecule has 4 amide bonds. The average molecular weight is 526 g/mol. The second kappa shape index (κ2) is 9.71. The fourth-order valence-electron chi connectivity index (χ4n) is 5.15. The minimum atomic E-state index is -0.947. The summed E-state index contributed by atoms with van der Waals surface area (Å²) in [5, 5.41) is 0.999. The van der Waals surface area contributed by atoms with Crippen molar-refractivity contribution in [2.75, 3.05) is 23.0 Å². The summed E-state index contributed by atoms with van der Waals surface area (Å²) < 4.78 is 0. The predicted octanol–water partition coefficient (Wildman–Crippen LogP) is 4.60. The van der Waals surface area contributed by atoms with Crippen LogP contribution in [-0.4, -0.2) is 41.7 Å². The molecule has 0 N–H and O–H groups in total. The Bertz CT molecular complexity index is 1250. The number of hydrogen-bond acceptors (Lipinski definition) is 4. The van der Waals surface area contributed by atoms with E-state index >= 15 is 0 Å². The largest absolute Gasteiger partial charge is 0.312 e. The van der Waals surface area contributed by atoms with E-state index in [1.54, 1.807) is 47.4 Å². The second-order valence-corrected chi connectivity index (χ2v) is 10.3. The molecule has 2 fully saturated rings. The third-order valence-electron chi connectivity index (χ3n) is 7.26. The highest BCUT2D eigenvalue weighted by Crippen LogP contribution is 2.36. The number of nitrogens with zero attached hydrogens (tertiary/aromatic N) is 3. The first-order valence-corrected chi connectivity index (χ1v) is 12.7. The predicted molar refractivity (Wildman–Crippen MR) is 138 cm³/mol. The second-order valence-electron chi connectivity index (χ2n) is 9.41. The summed E-state index contributed by atoms with van der Waals surface area (Å²) in [6.45, 7) is 1.96. The van der Waals surface area contributed by atoms with Crippen LogP contribution in [0.1, 0.15) is 24.8 Å². The highest BCUT2D eigenvalue weighted by molar-refractivity contribution is 6.31. The number of amides is 4. The van der Waals surface area contributed by atoms with Gasteiger partial charge in [0.05, 0.1) is 11.8 Å². The maximum Gasteiger partial charge on any atom is 0.241 e. The number of halogens is 2. The van der Waals surface area contributed by atoms with Crippen molar-refractivity contribution >= 4 is 58.2 Å². The summed E-state index contributed by atoms with van der Waals surface area (Å²) in [5.74, 6) is -3.13. The number of aryl methyl sites for hydroxylation is 1. The van der Waals surface area contributed by atoms with Crippen molar-refractivity contribution in [2.24, 2.45) is 17.8 Å². The molecule has 3 aliphatic rings. The summed E-state index contributed by atoms with van der Waals surface area (Å²) >= 11 is 12.3. The maximum atomic E-state index is 13.9. The van der Waals surface area contributed by atoms with Gasteiger partial charge in [0.25, 0.3) is 0 Å². The number of fused-ring (bicyclic) bond motifs is 1. The van der Waals surface area contributed by atoms with E-state index in [0.717, 1.165) is 10.5 Å². The van der Waals surface area contributed by atoms with Crippen LogP contribution < -0.4 is 9.80 Å². The van der Waals surface area contributed by atoms with Crippen LogP contribution in [0.15, 0.2) is 54.6 Å². The van der Waals surface area contributed by atoms with Gasteiger partial charge in [0.2, 0.25) is 23.6 Å². The van der Waals surface area contributed by atoms with Crippen LogP contribution in [0.3, 0.4) is 0 Å². The van der Waals surface area contributed by atoms with Crippen molar-refractivity contribution in [3.8, 4) is 0 Å². The van der Waals surface area contributed by atoms with Crippen LogP contribution in [0.4, 0.5) is 11.4 Å². The smallest absolute Gasteiger partial charge is 0.241 e. The highest BCUT2D eigenvalue weighted by Gasteiger charge is 2.49. The normalized spacial score (nSPS) is 23.4. The lowest BCUT2D eigenvalue weighted by Crippen LogP contribution is -2.48. The summed E-state index contributed by atoms with van der Waals surface area (Å²) in [6, 6.07) is 12.0. The number of carbonyl (C=O) groups is 4. The van der Waals surface area contributed by atoms with Crippen LogP contribution >= 0.6 is 23.2 Å². The van der Waals surface area contributed by atoms with Gasteiger partial charge in [-0.05, 0) is 68.1 Å². The van der Waals surface area contributed by atoms with Crippen LogP contribution in [-0.2, 0) is 19.2 Å². The third-order valence-corrected chi connectivity index (χ3v) is 7.92. The number of benzene rings is 2. The van der Waals surface area contributed by atoms with E-state index in [2.05, 4.69) is 0 Å².